The van der Waals surface area contributed by atoms with Crippen LogP contribution in [0.5, 0.6) is 0 Å². The van der Waals surface area contributed by atoms with Gasteiger partial charge in [-0.25, -0.2) is 4.39 Å². The molecule has 2 N–H and O–H groups in total. The maximum absolute atomic E-state index is 12.9. The van der Waals surface area contributed by atoms with E-state index in [0.29, 0.717) is 16.6 Å². The van der Waals surface area contributed by atoms with Crippen LogP contribution in [0.25, 0.3) is 0 Å². The summed E-state index contributed by atoms with van der Waals surface area (Å²) in [6.45, 7) is 0.806. The lowest BCUT2D eigenvalue weighted by atomic mass is 10.2. The zero-order chi connectivity index (χ0) is 12.0. The third-order valence-corrected chi connectivity index (χ3v) is 2.64. The second kappa shape index (κ2) is 8.44. The van der Waals surface area contributed by atoms with E-state index in [2.05, 4.69) is 26.6 Å². The van der Waals surface area contributed by atoms with Gasteiger partial charge in [0.05, 0.1) is 4.47 Å². The number of hydrogen-bond acceptors (Lipinski definition) is 2. The standard InChI is InChI=1S/C11H14BrFN2O.ClH/c1-14-6-2-3-11(16)15-8-4-5-10(13)9(12)7-8;/h4-5,7,14H,2-3,6H2,1H3,(H,15,16);1H. The first-order chi connectivity index (χ1) is 7.63. The van der Waals surface area contributed by atoms with E-state index in [1.165, 1.54) is 12.1 Å². The molecule has 6 heteroatoms. The Morgan fingerprint density at radius 3 is 2.76 bits per heavy atom. The molecule has 0 aromatic heterocycles. The average Bonchev–Trinajstić information content (AvgIpc) is 2.24. The first kappa shape index (κ1) is 16.4. The van der Waals surface area contributed by atoms with Gasteiger partial charge in [0.1, 0.15) is 5.82 Å². The van der Waals surface area contributed by atoms with E-state index in [0.717, 1.165) is 13.0 Å². The number of anilines is 1. The highest BCUT2D eigenvalue weighted by Gasteiger charge is 2.04. The summed E-state index contributed by atoms with van der Waals surface area (Å²) in [7, 11) is 1.84. The number of amides is 1. The number of carbonyl (C=O) groups is 1. The molecule has 1 amide bonds. The highest BCUT2D eigenvalue weighted by Crippen LogP contribution is 2.20. The predicted molar refractivity (Wildman–Crippen MR) is 73.1 cm³/mol. The Kier molecular flexibility index (Phi) is 8.12. The molecule has 0 unspecified atom stereocenters. The minimum absolute atomic E-state index is 0. The molecule has 0 aliphatic carbocycles. The second-order valence-electron chi connectivity index (χ2n) is 3.38. The fourth-order valence-electron chi connectivity index (χ4n) is 1.22. The molecular formula is C11H15BrClFN2O. The quantitative estimate of drug-likeness (QED) is 0.817. The molecule has 1 aromatic rings. The van der Waals surface area contributed by atoms with Gasteiger partial charge in [0.25, 0.3) is 0 Å². The molecule has 0 spiro atoms. The van der Waals surface area contributed by atoms with E-state index in [9.17, 15) is 9.18 Å². The van der Waals surface area contributed by atoms with Crippen LogP contribution in [0.2, 0.25) is 0 Å². The molecule has 0 radical (unpaired) electrons. The van der Waals surface area contributed by atoms with Crippen LogP contribution >= 0.6 is 28.3 Å². The van der Waals surface area contributed by atoms with Gasteiger partial charge in [0.15, 0.2) is 0 Å². The molecule has 0 atom stereocenters. The van der Waals surface area contributed by atoms with Crippen molar-refractivity contribution >= 4 is 39.9 Å². The maximum Gasteiger partial charge on any atom is 0.224 e. The first-order valence-electron chi connectivity index (χ1n) is 5.03. The fraction of sp³-hybridized carbons (Fsp3) is 0.364. The van der Waals surface area contributed by atoms with Gasteiger partial charge in [0.2, 0.25) is 5.91 Å². The largest absolute Gasteiger partial charge is 0.326 e. The summed E-state index contributed by atoms with van der Waals surface area (Å²) < 4.78 is 13.3. The second-order valence-corrected chi connectivity index (χ2v) is 4.24. The maximum atomic E-state index is 12.9. The lowest BCUT2D eigenvalue weighted by Gasteiger charge is -2.05. The summed E-state index contributed by atoms with van der Waals surface area (Å²) >= 11 is 3.06. The Balaban J connectivity index is 0.00000256. The van der Waals surface area contributed by atoms with Crippen molar-refractivity contribution in [2.45, 2.75) is 12.8 Å². The zero-order valence-corrected chi connectivity index (χ0v) is 11.8. The molecule has 0 fully saturated rings. The van der Waals surface area contributed by atoms with Crippen molar-refractivity contribution in [3.63, 3.8) is 0 Å². The lowest BCUT2D eigenvalue weighted by molar-refractivity contribution is -0.116. The Morgan fingerprint density at radius 1 is 1.47 bits per heavy atom. The van der Waals surface area contributed by atoms with Gasteiger partial charge in [-0.1, -0.05) is 0 Å². The Hall–Kier alpha value is -0.650. The normalized spacial score (nSPS) is 9.59. The SMILES string of the molecule is CNCCCC(=O)Nc1ccc(F)c(Br)c1.Cl. The van der Waals surface area contributed by atoms with Crippen LogP contribution in [0.3, 0.4) is 0 Å². The Bertz CT molecular complexity index is 376. The molecule has 3 nitrogen and oxygen atoms in total. The highest BCUT2D eigenvalue weighted by molar-refractivity contribution is 9.10. The van der Waals surface area contributed by atoms with Gasteiger partial charge in [-0.15, -0.1) is 12.4 Å². The number of nitrogens with one attached hydrogen (secondary N) is 2. The third kappa shape index (κ3) is 6.00. The molecule has 17 heavy (non-hydrogen) atoms. The molecule has 0 aliphatic heterocycles. The van der Waals surface area contributed by atoms with Crippen LogP contribution in [0.15, 0.2) is 22.7 Å². The molecule has 0 saturated heterocycles. The summed E-state index contributed by atoms with van der Waals surface area (Å²) in [6, 6.07) is 4.40. The average molecular weight is 326 g/mol. The number of halogens is 3. The van der Waals surface area contributed by atoms with Gasteiger partial charge in [0, 0.05) is 12.1 Å². The van der Waals surface area contributed by atoms with E-state index < -0.39 is 0 Å². The van der Waals surface area contributed by atoms with Crippen molar-refractivity contribution in [2.24, 2.45) is 0 Å². The van der Waals surface area contributed by atoms with Crippen molar-refractivity contribution < 1.29 is 9.18 Å². The summed E-state index contributed by atoms with van der Waals surface area (Å²) in [6.07, 6.45) is 1.24. The molecular weight excluding hydrogens is 310 g/mol. The smallest absolute Gasteiger partial charge is 0.224 e. The molecule has 0 bridgehead atoms. The minimum atomic E-state index is -0.340. The van der Waals surface area contributed by atoms with Gasteiger partial charge < -0.3 is 10.6 Å². The van der Waals surface area contributed by atoms with Crippen molar-refractivity contribution in [1.82, 2.24) is 5.32 Å². The van der Waals surface area contributed by atoms with Gasteiger partial charge in [-0.3, -0.25) is 4.79 Å². The van der Waals surface area contributed by atoms with Crippen LogP contribution in [0, 0.1) is 5.82 Å². The van der Waals surface area contributed by atoms with E-state index in [-0.39, 0.29) is 24.1 Å². The van der Waals surface area contributed by atoms with Crippen molar-refractivity contribution in [3.8, 4) is 0 Å². The third-order valence-electron chi connectivity index (χ3n) is 2.03. The molecule has 0 saturated carbocycles. The summed E-state index contributed by atoms with van der Waals surface area (Å²) in [5.41, 5.74) is 0.600. The Labute approximate surface area is 115 Å². The highest BCUT2D eigenvalue weighted by atomic mass is 79.9. The Morgan fingerprint density at radius 2 is 2.18 bits per heavy atom. The van der Waals surface area contributed by atoms with Crippen LogP contribution in [0.1, 0.15) is 12.8 Å². The fourth-order valence-corrected chi connectivity index (χ4v) is 1.60. The van der Waals surface area contributed by atoms with Gasteiger partial charge in [-0.05, 0) is 54.1 Å². The van der Waals surface area contributed by atoms with E-state index >= 15 is 0 Å². The van der Waals surface area contributed by atoms with Crippen LogP contribution < -0.4 is 10.6 Å². The first-order valence-corrected chi connectivity index (χ1v) is 5.82. The lowest BCUT2D eigenvalue weighted by Crippen LogP contribution is -2.15. The minimum Gasteiger partial charge on any atom is -0.326 e. The number of hydrogen-bond donors (Lipinski definition) is 2. The van der Waals surface area contributed by atoms with Crippen molar-refractivity contribution in [2.75, 3.05) is 18.9 Å². The molecule has 1 rings (SSSR count). The van der Waals surface area contributed by atoms with Crippen molar-refractivity contribution in [3.05, 3.63) is 28.5 Å². The molecule has 1 aromatic carbocycles. The van der Waals surface area contributed by atoms with Crippen LogP contribution in [-0.4, -0.2) is 19.5 Å². The molecule has 0 heterocycles. The number of benzene rings is 1. The van der Waals surface area contributed by atoms with E-state index in [1.54, 1.807) is 6.07 Å². The summed E-state index contributed by atoms with van der Waals surface area (Å²) in [4.78, 5) is 11.4. The number of carbonyl (C=O) groups excluding carboxylic acids is 1. The summed E-state index contributed by atoms with van der Waals surface area (Å²) in [5.74, 6) is -0.401. The molecule has 0 aliphatic rings. The number of rotatable bonds is 5. The van der Waals surface area contributed by atoms with E-state index in [1.807, 2.05) is 7.05 Å². The topological polar surface area (TPSA) is 41.1 Å². The van der Waals surface area contributed by atoms with Crippen LogP contribution in [0.4, 0.5) is 10.1 Å². The van der Waals surface area contributed by atoms with Crippen LogP contribution in [-0.2, 0) is 4.79 Å². The van der Waals surface area contributed by atoms with Gasteiger partial charge >= 0.3 is 0 Å². The van der Waals surface area contributed by atoms with Gasteiger partial charge in [-0.2, -0.15) is 0 Å². The van der Waals surface area contributed by atoms with E-state index in [4.69, 9.17) is 0 Å². The molecule has 96 valence electrons. The summed E-state index contributed by atoms with van der Waals surface area (Å²) in [5, 5.41) is 5.67. The monoisotopic (exact) mass is 324 g/mol. The van der Waals surface area contributed by atoms with Crippen molar-refractivity contribution in [1.29, 1.82) is 0 Å². The predicted octanol–water partition coefficient (Wildman–Crippen LogP) is 2.95. The zero-order valence-electron chi connectivity index (χ0n) is 9.43.